The number of benzene rings is 1. The molecule has 0 unspecified atom stereocenters. The van der Waals surface area contributed by atoms with Crippen molar-refractivity contribution in [2.75, 3.05) is 12.9 Å². The van der Waals surface area contributed by atoms with Gasteiger partial charge >= 0.3 is 5.97 Å². The smallest absolute Gasteiger partial charge is 0.316 e. The molecule has 0 amide bonds. The molecule has 1 aromatic heterocycles. The lowest BCUT2D eigenvalue weighted by Crippen LogP contribution is -2.06. The molecule has 94 valence electrons. The number of fused-ring (bicyclic) bond motifs is 1. The summed E-state index contributed by atoms with van der Waals surface area (Å²) in [6.07, 6.45) is 0. The van der Waals surface area contributed by atoms with Crippen LogP contribution in [-0.4, -0.2) is 23.8 Å². The van der Waals surface area contributed by atoms with Crippen LogP contribution in [0.4, 0.5) is 0 Å². The highest BCUT2D eigenvalue weighted by Gasteiger charge is 2.09. The van der Waals surface area contributed by atoms with Crippen LogP contribution in [-0.2, 0) is 16.1 Å². The lowest BCUT2D eigenvalue weighted by molar-refractivity contribution is -0.137. The molecule has 1 aromatic carbocycles. The standard InChI is InChI=1S/C13H14N2O2S/c1-17-12(16)8-18-13-10(7-14)6-9-4-2-3-5-11(9)15-13/h2-6H,7-8,14H2,1H3. The van der Waals surface area contributed by atoms with Crippen LogP contribution in [0.25, 0.3) is 10.9 Å². The van der Waals surface area contributed by atoms with E-state index in [0.29, 0.717) is 6.54 Å². The summed E-state index contributed by atoms with van der Waals surface area (Å²) in [5, 5.41) is 1.85. The van der Waals surface area contributed by atoms with Crippen LogP contribution in [0.15, 0.2) is 35.4 Å². The third kappa shape index (κ3) is 2.80. The zero-order chi connectivity index (χ0) is 13.0. The molecule has 0 atom stereocenters. The molecule has 0 saturated carbocycles. The summed E-state index contributed by atoms with van der Waals surface area (Å²) in [7, 11) is 1.38. The SMILES string of the molecule is COC(=O)CSc1nc2ccccc2cc1CN. The predicted molar refractivity (Wildman–Crippen MR) is 72.4 cm³/mol. The molecule has 0 bridgehead atoms. The number of ether oxygens (including phenoxy) is 1. The summed E-state index contributed by atoms with van der Waals surface area (Å²) in [6.45, 7) is 0.404. The number of rotatable bonds is 4. The molecule has 1 heterocycles. The van der Waals surface area contributed by atoms with Gasteiger partial charge in [0.15, 0.2) is 0 Å². The van der Waals surface area contributed by atoms with Gasteiger partial charge in [-0.3, -0.25) is 4.79 Å². The first-order valence-electron chi connectivity index (χ1n) is 5.53. The van der Waals surface area contributed by atoms with Gasteiger partial charge in [0.1, 0.15) is 5.03 Å². The maximum absolute atomic E-state index is 11.1. The fraction of sp³-hybridized carbons (Fsp3) is 0.231. The Labute approximate surface area is 110 Å². The Kier molecular flexibility index (Phi) is 4.17. The Bertz CT molecular complexity index is 572. The lowest BCUT2D eigenvalue weighted by atomic mass is 10.1. The van der Waals surface area contributed by atoms with E-state index >= 15 is 0 Å². The zero-order valence-electron chi connectivity index (χ0n) is 10.1. The van der Waals surface area contributed by atoms with E-state index in [1.54, 1.807) is 0 Å². The highest BCUT2D eigenvalue weighted by Crippen LogP contribution is 2.24. The molecule has 0 aliphatic carbocycles. The van der Waals surface area contributed by atoms with Crippen molar-refractivity contribution in [2.45, 2.75) is 11.6 Å². The summed E-state index contributed by atoms with van der Waals surface area (Å²) in [5.41, 5.74) is 7.56. The van der Waals surface area contributed by atoms with E-state index in [1.165, 1.54) is 18.9 Å². The molecule has 0 radical (unpaired) electrons. The molecule has 0 aliphatic rings. The predicted octanol–water partition coefficient (Wildman–Crippen LogP) is 1.96. The van der Waals surface area contributed by atoms with Crippen molar-refractivity contribution in [3.8, 4) is 0 Å². The van der Waals surface area contributed by atoms with Gasteiger partial charge in [0, 0.05) is 11.9 Å². The molecular formula is C13H14N2O2S. The van der Waals surface area contributed by atoms with Crippen molar-refractivity contribution < 1.29 is 9.53 Å². The van der Waals surface area contributed by atoms with Gasteiger partial charge in [0.2, 0.25) is 0 Å². The molecule has 2 N–H and O–H groups in total. The molecule has 0 aliphatic heterocycles. The number of para-hydroxylation sites is 1. The molecule has 5 heteroatoms. The topological polar surface area (TPSA) is 65.2 Å². The minimum absolute atomic E-state index is 0.245. The summed E-state index contributed by atoms with van der Waals surface area (Å²) in [6, 6.07) is 9.85. The summed E-state index contributed by atoms with van der Waals surface area (Å²) < 4.78 is 4.61. The number of hydrogen-bond acceptors (Lipinski definition) is 5. The van der Waals surface area contributed by atoms with Crippen molar-refractivity contribution in [3.05, 3.63) is 35.9 Å². The number of carbonyl (C=O) groups excluding carboxylic acids is 1. The highest BCUT2D eigenvalue weighted by atomic mass is 32.2. The number of nitrogens with zero attached hydrogens (tertiary/aromatic N) is 1. The third-order valence-corrected chi connectivity index (χ3v) is 3.54. The van der Waals surface area contributed by atoms with E-state index in [1.807, 2.05) is 30.3 Å². The number of methoxy groups -OCH3 is 1. The highest BCUT2D eigenvalue weighted by molar-refractivity contribution is 7.99. The molecule has 0 fully saturated rings. The number of aromatic nitrogens is 1. The van der Waals surface area contributed by atoms with Crippen LogP contribution in [0.2, 0.25) is 0 Å². The van der Waals surface area contributed by atoms with Crippen LogP contribution in [0.5, 0.6) is 0 Å². The number of pyridine rings is 1. The van der Waals surface area contributed by atoms with Gasteiger partial charge in [-0.1, -0.05) is 30.0 Å². The quantitative estimate of drug-likeness (QED) is 0.674. The van der Waals surface area contributed by atoms with Crippen molar-refractivity contribution in [2.24, 2.45) is 5.73 Å². The minimum Gasteiger partial charge on any atom is -0.468 e. The van der Waals surface area contributed by atoms with Gasteiger partial charge in [-0.2, -0.15) is 0 Å². The first-order chi connectivity index (χ1) is 8.74. The second-order valence-corrected chi connectivity index (χ2v) is 4.68. The van der Waals surface area contributed by atoms with Gasteiger partial charge in [0.25, 0.3) is 0 Å². The van der Waals surface area contributed by atoms with Crippen LogP contribution < -0.4 is 5.73 Å². The zero-order valence-corrected chi connectivity index (χ0v) is 10.9. The fourth-order valence-electron chi connectivity index (χ4n) is 1.60. The summed E-state index contributed by atoms with van der Waals surface area (Å²) >= 11 is 1.35. The fourth-order valence-corrected chi connectivity index (χ4v) is 2.46. The Morgan fingerprint density at radius 2 is 2.22 bits per heavy atom. The lowest BCUT2D eigenvalue weighted by Gasteiger charge is -2.08. The second kappa shape index (κ2) is 5.84. The molecule has 0 saturated heterocycles. The average molecular weight is 262 g/mol. The van der Waals surface area contributed by atoms with Gasteiger partial charge in [-0.25, -0.2) is 4.98 Å². The Morgan fingerprint density at radius 1 is 1.44 bits per heavy atom. The number of nitrogens with two attached hydrogens (primary N) is 1. The maximum Gasteiger partial charge on any atom is 0.316 e. The van der Waals surface area contributed by atoms with E-state index < -0.39 is 0 Å². The Morgan fingerprint density at radius 3 is 2.94 bits per heavy atom. The van der Waals surface area contributed by atoms with Gasteiger partial charge in [-0.05, 0) is 17.7 Å². The van der Waals surface area contributed by atoms with E-state index in [2.05, 4.69) is 9.72 Å². The van der Waals surface area contributed by atoms with E-state index in [0.717, 1.165) is 21.5 Å². The van der Waals surface area contributed by atoms with Crippen molar-refractivity contribution in [3.63, 3.8) is 0 Å². The van der Waals surface area contributed by atoms with E-state index in [4.69, 9.17) is 5.73 Å². The van der Waals surface area contributed by atoms with Crippen molar-refractivity contribution in [1.82, 2.24) is 4.98 Å². The normalized spacial score (nSPS) is 10.6. The Balaban J connectivity index is 2.32. The molecule has 18 heavy (non-hydrogen) atoms. The summed E-state index contributed by atoms with van der Waals surface area (Å²) in [4.78, 5) is 15.7. The number of carbonyl (C=O) groups is 1. The number of thioether (sulfide) groups is 1. The number of esters is 1. The van der Waals surface area contributed by atoms with Gasteiger partial charge in [0.05, 0.1) is 18.4 Å². The first kappa shape index (κ1) is 12.9. The molecular weight excluding hydrogens is 248 g/mol. The largest absolute Gasteiger partial charge is 0.468 e. The Hall–Kier alpha value is -1.59. The van der Waals surface area contributed by atoms with E-state index in [9.17, 15) is 4.79 Å². The third-order valence-electron chi connectivity index (χ3n) is 2.54. The van der Waals surface area contributed by atoms with Crippen LogP contribution in [0, 0.1) is 0 Å². The van der Waals surface area contributed by atoms with Gasteiger partial charge < -0.3 is 10.5 Å². The molecule has 4 nitrogen and oxygen atoms in total. The average Bonchev–Trinajstić information content (AvgIpc) is 2.43. The van der Waals surface area contributed by atoms with Crippen molar-refractivity contribution >= 4 is 28.6 Å². The van der Waals surface area contributed by atoms with Crippen molar-refractivity contribution in [1.29, 1.82) is 0 Å². The second-order valence-electron chi connectivity index (χ2n) is 3.71. The first-order valence-corrected chi connectivity index (χ1v) is 6.51. The maximum atomic E-state index is 11.1. The molecule has 2 aromatic rings. The van der Waals surface area contributed by atoms with Gasteiger partial charge in [-0.15, -0.1) is 0 Å². The van der Waals surface area contributed by atoms with Crippen LogP contribution in [0.1, 0.15) is 5.56 Å². The minimum atomic E-state index is -0.266. The van der Waals surface area contributed by atoms with E-state index in [-0.39, 0.29) is 11.7 Å². The summed E-state index contributed by atoms with van der Waals surface area (Å²) in [5.74, 6) is -0.0209. The molecule has 2 rings (SSSR count). The number of hydrogen-bond donors (Lipinski definition) is 1. The molecule has 0 spiro atoms. The van der Waals surface area contributed by atoms with Crippen LogP contribution >= 0.6 is 11.8 Å². The monoisotopic (exact) mass is 262 g/mol. The van der Waals surface area contributed by atoms with Crippen LogP contribution in [0.3, 0.4) is 0 Å².